The van der Waals surface area contributed by atoms with Crippen molar-refractivity contribution in [3.05, 3.63) is 0 Å². The van der Waals surface area contributed by atoms with Gasteiger partial charge < -0.3 is 10.2 Å². The zero-order valence-electron chi connectivity index (χ0n) is 11.5. The molecule has 1 spiro atoms. The molecule has 0 aromatic carbocycles. The summed E-state index contributed by atoms with van der Waals surface area (Å²) in [5.74, 6) is 1.66. The van der Waals surface area contributed by atoms with Crippen LogP contribution < -0.4 is 0 Å². The lowest BCUT2D eigenvalue weighted by Crippen LogP contribution is -2.53. The molecule has 6 atom stereocenters. The molecule has 0 radical (unpaired) electrons. The standard InChI is InChI=1S/C15H26O2/c1-9-5-6-10-13(2,3)11-7-15(9,10)8-12(16)14(11,4)17/h9-12,16-17H,5-8H2,1-4H3/t9-,10+,11+,12+,14-,15-/m1/s1. The van der Waals surface area contributed by atoms with Gasteiger partial charge in [0.05, 0.1) is 11.7 Å². The van der Waals surface area contributed by atoms with Crippen LogP contribution in [0.2, 0.25) is 0 Å². The van der Waals surface area contributed by atoms with Gasteiger partial charge in [-0.15, -0.1) is 0 Å². The van der Waals surface area contributed by atoms with E-state index >= 15 is 0 Å². The Morgan fingerprint density at radius 2 is 1.65 bits per heavy atom. The van der Waals surface area contributed by atoms with Gasteiger partial charge in [0.1, 0.15) is 0 Å². The Morgan fingerprint density at radius 3 is 2.29 bits per heavy atom. The summed E-state index contributed by atoms with van der Waals surface area (Å²) in [6.07, 6.45) is 3.98. The van der Waals surface area contributed by atoms with E-state index in [4.69, 9.17) is 0 Å². The molecule has 2 bridgehead atoms. The highest BCUT2D eigenvalue weighted by Gasteiger charge is 2.70. The molecule has 0 aliphatic heterocycles. The average Bonchev–Trinajstić information content (AvgIpc) is 2.61. The molecule has 3 aliphatic rings. The molecule has 2 nitrogen and oxygen atoms in total. The Hall–Kier alpha value is -0.0800. The molecule has 0 heterocycles. The first-order valence-electron chi connectivity index (χ1n) is 7.13. The molecule has 3 saturated carbocycles. The summed E-state index contributed by atoms with van der Waals surface area (Å²) in [6, 6.07) is 0. The number of rotatable bonds is 0. The minimum atomic E-state index is -0.890. The van der Waals surface area contributed by atoms with Crippen molar-refractivity contribution in [1.82, 2.24) is 0 Å². The van der Waals surface area contributed by atoms with Crippen molar-refractivity contribution in [2.24, 2.45) is 28.6 Å². The second-order valence-corrected chi connectivity index (χ2v) is 7.79. The first kappa shape index (κ1) is 12.0. The summed E-state index contributed by atoms with van der Waals surface area (Å²) in [5.41, 5.74) is -0.402. The summed E-state index contributed by atoms with van der Waals surface area (Å²) in [5, 5.41) is 21.0. The molecule has 0 aromatic rings. The van der Waals surface area contributed by atoms with E-state index in [1.165, 1.54) is 12.8 Å². The van der Waals surface area contributed by atoms with Crippen molar-refractivity contribution in [2.75, 3.05) is 0 Å². The fraction of sp³-hybridized carbons (Fsp3) is 1.00. The molecule has 0 unspecified atom stereocenters. The third kappa shape index (κ3) is 1.19. The predicted octanol–water partition coefficient (Wildman–Crippen LogP) is 2.58. The Morgan fingerprint density at radius 1 is 1.00 bits per heavy atom. The fourth-order valence-corrected chi connectivity index (χ4v) is 5.86. The molecule has 2 N–H and O–H groups in total. The van der Waals surface area contributed by atoms with E-state index in [1.807, 2.05) is 6.92 Å². The molecule has 17 heavy (non-hydrogen) atoms. The van der Waals surface area contributed by atoms with Gasteiger partial charge >= 0.3 is 0 Å². The van der Waals surface area contributed by atoms with Crippen LogP contribution in [0.15, 0.2) is 0 Å². The van der Waals surface area contributed by atoms with Crippen LogP contribution in [0.4, 0.5) is 0 Å². The van der Waals surface area contributed by atoms with E-state index in [2.05, 4.69) is 20.8 Å². The minimum absolute atomic E-state index is 0.172. The van der Waals surface area contributed by atoms with E-state index in [-0.39, 0.29) is 11.3 Å². The van der Waals surface area contributed by atoms with Gasteiger partial charge in [-0.2, -0.15) is 0 Å². The molecule has 3 rings (SSSR count). The quantitative estimate of drug-likeness (QED) is 0.681. The topological polar surface area (TPSA) is 40.5 Å². The molecule has 3 fully saturated rings. The van der Waals surface area contributed by atoms with E-state index < -0.39 is 11.7 Å². The molecular formula is C15H26O2. The van der Waals surface area contributed by atoms with Gasteiger partial charge in [0, 0.05) is 0 Å². The van der Waals surface area contributed by atoms with Crippen molar-refractivity contribution >= 4 is 0 Å². The van der Waals surface area contributed by atoms with Gasteiger partial charge in [0.25, 0.3) is 0 Å². The monoisotopic (exact) mass is 238 g/mol. The van der Waals surface area contributed by atoms with Gasteiger partial charge in [0.2, 0.25) is 0 Å². The smallest absolute Gasteiger partial charge is 0.0911 e. The van der Waals surface area contributed by atoms with Crippen LogP contribution in [0.1, 0.15) is 53.4 Å². The van der Waals surface area contributed by atoms with E-state index in [0.29, 0.717) is 17.3 Å². The molecule has 2 heteroatoms. The third-order valence-corrected chi connectivity index (χ3v) is 6.90. The second kappa shape index (κ2) is 3.08. The summed E-state index contributed by atoms with van der Waals surface area (Å²) in [4.78, 5) is 0. The maximum absolute atomic E-state index is 10.7. The summed E-state index contributed by atoms with van der Waals surface area (Å²) in [7, 11) is 0. The van der Waals surface area contributed by atoms with Crippen molar-refractivity contribution in [1.29, 1.82) is 0 Å². The lowest BCUT2D eigenvalue weighted by atomic mass is 9.63. The lowest BCUT2D eigenvalue weighted by molar-refractivity contribution is -0.153. The Bertz CT molecular complexity index is 347. The fourth-order valence-electron chi connectivity index (χ4n) is 5.86. The predicted molar refractivity (Wildman–Crippen MR) is 67.5 cm³/mol. The van der Waals surface area contributed by atoms with Crippen LogP contribution in [0, 0.1) is 28.6 Å². The van der Waals surface area contributed by atoms with Gasteiger partial charge in [0.15, 0.2) is 0 Å². The first-order valence-corrected chi connectivity index (χ1v) is 7.13. The summed E-state index contributed by atoms with van der Waals surface area (Å²) < 4.78 is 0. The van der Waals surface area contributed by atoms with Crippen LogP contribution >= 0.6 is 0 Å². The Balaban J connectivity index is 2.10. The van der Waals surface area contributed by atoms with Crippen molar-refractivity contribution in [3.8, 4) is 0 Å². The molecular weight excluding hydrogens is 212 g/mol. The summed E-state index contributed by atoms with van der Waals surface area (Å²) in [6.45, 7) is 8.83. The van der Waals surface area contributed by atoms with Crippen molar-refractivity contribution < 1.29 is 10.2 Å². The van der Waals surface area contributed by atoms with Crippen LogP contribution in [0.25, 0.3) is 0 Å². The van der Waals surface area contributed by atoms with Gasteiger partial charge in [-0.25, -0.2) is 0 Å². The van der Waals surface area contributed by atoms with Gasteiger partial charge in [-0.3, -0.25) is 0 Å². The highest BCUT2D eigenvalue weighted by Crippen LogP contribution is 2.73. The van der Waals surface area contributed by atoms with E-state index in [9.17, 15) is 10.2 Å². The van der Waals surface area contributed by atoms with Crippen molar-refractivity contribution in [2.45, 2.75) is 65.1 Å². The van der Waals surface area contributed by atoms with E-state index in [1.54, 1.807) is 0 Å². The van der Waals surface area contributed by atoms with Crippen LogP contribution in [-0.2, 0) is 0 Å². The van der Waals surface area contributed by atoms with Crippen molar-refractivity contribution in [3.63, 3.8) is 0 Å². The molecule has 0 saturated heterocycles. The number of fused-ring (bicyclic) bond motifs is 1. The highest BCUT2D eigenvalue weighted by molar-refractivity contribution is 5.19. The first-order chi connectivity index (χ1) is 7.73. The third-order valence-electron chi connectivity index (χ3n) is 6.90. The largest absolute Gasteiger partial charge is 0.390 e. The van der Waals surface area contributed by atoms with Crippen LogP contribution in [-0.4, -0.2) is 21.9 Å². The molecule has 98 valence electrons. The van der Waals surface area contributed by atoms with Crippen LogP contribution in [0.3, 0.4) is 0 Å². The molecule has 0 amide bonds. The zero-order chi connectivity index (χ0) is 12.6. The van der Waals surface area contributed by atoms with Gasteiger partial charge in [-0.05, 0) is 61.2 Å². The lowest BCUT2D eigenvalue weighted by Gasteiger charge is -2.47. The number of hydrogen-bond acceptors (Lipinski definition) is 2. The second-order valence-electron chi connectivity index (χ2n) is 7.79. The maximum Gasteiger partial charge on any atom is 0.0911 e. The molecule has 3 aliphatic carbocycles. The highest BCUT2D eigenvalue weighted by atomic mass is 16.3. The minimum Gasteiger partial charge on any atom is -0.390 e. The Labute approximate surface area is 104 Å². The zero-order valence-corrected chi connectivity index (χ0v) is 11.5. The number of aliphatic hydroxyl groups excluding tert-OH is 1. The SMILES string of the molecule is C[C@@H]1CC[C@H]2C(C)(C)[C@@H]3C[C@@]12C[C@H](O)[C@]3(C)O. The van der Waals surface area contributed by atoms with Crippen LogP contribution in [0.5, 0.6) is 0 Å². The molecule has 0 aromatic heterocycles. The number of aliphatic hydroxyl groups is 2. The van der Waals surface area contributed by atoms with Gasteiger partial charge in [-0.1, -0.05) is 20.8 Å². The normalized spacial score (nSPS) is 60.4. The maximum atomic E-state index is 10.7. The average molecular weight is 238 g/mol. The Kier molecular flexibility index (Phi) is 2.17. The summed E-state index contributed by atoms with van der Waals surface area (Å²) >= 11 is 0. The number of hydrogen-bond donors (Lipinski definition) is 2. The van der Waals surface area contributed by atoms with E-state index in [0.717, 1.165) is 12.8 Å².